The molecule has 3 amide bonds. The number of rotatable bonds is 6. The first kappa shape index (κ1) is 17.1. The van der Waals surface area contributed by atoms with E-state index in [0.29, 0.717) is 4.47 Å². The summed E-state index contributed by atoms with van der Waals surface area (Å²) in [5, 5.41) is 11.2. The molecule has 1 aliphatic rings. The van der Waals surface area contributed by atoms with E-state index in [1.54, 1.807) is 19.1 Å². The lowest BCUT2D eigenvalue weighted by Gasteiger charge is -2.15. The van der Waals surface area contributed by atoms with E-state index in [4.69, 9.17) is 5.11 Å². The molecular weight excluding hydrogens is 368 g/mol. The van der Waals surface area contributed by atoms with Gasteiger partial charge in [-0.3, -0.25) is 24.1 Å². The van der Waals surface area contributed by atoms with Gasteiger partial charge >= 0.3 is 5.97 Å². The molecule has 1 aromatic rings. The minimum atomic E-state index is -0.947. The average molecular weight is 383 g/mol. The number of amides is 3. The van der Waals surface area contributed by atoms with Gasteiger partial charge in [-0.1, -0.05) is 22.9 Å². The number of hydrogen-bond donors (Lipinski definition) is 2. The van der Waals surface area contributed by atoms with Crippen molar-refractivity contribution >= 4 is 39.6 Å². The van der Waals surface area contributed by atoms with Gasteiger partial charge in [0.2, 0.25) is 5.91 Å². The average Bonchev–Trinajstić information content (AvgIpc) is 2.69. The Bertz CT molecular complexity index is 688. The van der Waals surface area contributed by atoms with Crippen molar-refractivity contribution in [2.75, 3.05) is 13.1 Å². The summed E-state index contributed by atoms with van der Waals surface area (Å²) < 4.78 is 0.672. The highest BCUT2D eigenvalue weighted by Gasteiger charge is 2.36. The molecule has 0 aromatic heterocycles. The molecule has 8 heteroatoms. The Balaban J connectivity index is 1.96. The fourth-order valence-electron chi connectivity index (χ4n) is 2.26. The van der Waals surface area contributed by atoms with Crippen molar-refractivity contribution in [3.8, 4) is 0 Å². The standard InChI is InChI=1S/C15H15BrN2O5/c1-8(4-13(20)21)6-17-12(19)7-18-14(22)10-3-2-9(16)5-11(10)15(18)23/h2-3,5,8H,4,6-7H2,1H3,(H,17,19)(H,20,21). The second kappa shape index (κ2) is 6.91. The maximum absolute atomic E-state index is 12.2. The fourth-order valence-corrected chi connectivity index (χ4v) is 2.63. The number of nitrogens with zero attached hydrogens (tertiary/aromatic N) is 1. The first-order valence-electron chi connectivity index (χ1n) is 6.94. The highest BCUT2D eigenvalue weighted by molar-refractivity contribution is 9.10. The van der Waals surface area contributed by atoms with Gasteiger partial charge in [-0.2, -0.15) is 0 Å². The lowest BCUT2D eigenvalue weighted by molar-refractivity contribution is -0.138. The van der Waals surface area contributed by atoms with Gasteiger partial charge in [-0.15, -0.1) is 0 Å². The molecule has 1 aliphatic heterocycles. The number of fused-ring (bicyclic) bond motifs is 1. The maximum Gasteiger partial charge on any atom is 0.303 e. The second-order valence-electron chi connectivity index (χ2n) is 5.39. The quantitative estimate of drug-likeness (QED) is 0.721. The van der Waals surface area contributed by atoms with E-state index < -0.39 is 23.7 Å². The number of nitrogens with one attached hydrogen (secondary N) is 1. The van der Waals surface area contributed by atoms with E-state index in [0.717, 1.165) is 4.90 Å². The highest BCUT2D eigenvalue weighted by atomic mass is 79.9. The number of carboxylic acid groups (broad SMARTS) is 1. The van der Waals surface area contributed by atoms with Crippen molar-refractivity contribution in [1.82, 2.24) is 10.2 Å². The molecule has 0 saturated carbocycles. The van der Waals surface area contributed by atoms with Crippen LogP contribution in [0.1, 0.15) is 34.1 Å². The van der Waals surface area contributed by atoms with Gasteiger partial charge in [0.15, 0.2) is 0 Å². The third-order valence-corrected chi connectivity index (χ3v) is 3.90. The number of aliphatic carboxylic acids is 1. The zero-order chi connectivity index (χ0) is 17.1. The Morgan fingerprint density at radius 3 is 2.57 bits per heavy atom. The van der Waals surface area contributed by atoms with Gasteiger partial charge in [-0.25, -0.2) is 0 Å². The van der Waals surface area contributed by atoms with Gasteiger partial charge in [0.25, 0.3) is 11.8 Å². The maximum atomic E-state index is 12.2. The highest BCUT2D eigenvalue weighted by Crippen LogP contribution is 2.25. The van der Waals surface area contributed by atoms with Crippen LogP contribution in [0.4, 0.5) is 0 Å². The molecule has 7 nitrogen and oxygen atoms in total. The molecule has 0 aliphatic carbocycles. The Kier molecular flexibility index (Phi) is 5.15. The van der Waals surface area contributed by atoms with Crippen LogP contribution < -0.4 is 5.32 Å². The third kappa shape index (κ3) is 3.95. The van der Waals surface area contributed by atoms with Crippen LogP contribution in [0.5, 0.6) is 0 Å². The molecule has 1 heterocycles. The molecule has 1 unspecified atom stereocenters. The van der Waals surface area contributed by atoms with Gasteiger partial charge in [-0.05, 0) is 24.1 Å². The summed E-state index contributed by atoms with van der Waals surface area (Å²) in [6.07, 6.45) is -0.0681. The summed E-state index contributed by atoms with van der Waals surface area (Å²) in [4.78, 5) is 47.7. The number of halogens is 1. The molecular formula is C15H15BrN2O5. The topological polar surface area (TPSA) is 104 Å². The summed E-state index contributed by atoms with van der Waals surface area (Å²) in [5.74, 6) is -2.71. The number of carbonyl (C=O) groups excluding carboxylic acids is 3. The SMILES string of the molecule is CC(CNC(=O)CN1C(=O)c2ccc(Br)cc2C1=O)CC(=O)O. The van der Waals surface area contributed by atoms with Crippen LogP contribution in [0.15, 0.2) is 22.7 Å². The lowest BCUT2D eigenvalue weighted by Crippen LogP contribution is -2.41. The van der Waals surface area contributed by atoms with Crippen LogP contribution in [0.3, 0.4) is 0 Å². The molecule has 122 valence electrons. The first-order valence-corrected chi connectivity index (χ1v) is 7.73. The Hall–Kier alpha value is -2.22. The van der Waals surface area contributed by atoms with Crippen LogP contribution >= 0.6 is 15.9 Å². The third-order valence-electron chi connectivity index (χ3n) is 3.41. The van der Waals surface area contributed by atoms with Crippen LogP contribution in [-0.2, 0) is 9.59 Å². The molecule has 0 spiro atoms. The molecule has 2 rings (SSSR count). The van der Waals surface area contributed by atoms with Gasteiger partial charge in [0, 0.05) is 17.4 Å². The van der Waals surface area contributed by atoms with E-state index in [2.05, 4.69) is 21.2 Å². The van der Waals surface area contributed by atoms with Crippen molar-refractivity contribution < 1.29 is 24.3 Å². The van der Waals surface area contributed by atoms with Crippen LogP contribution in [0.2, 0.25) is 0 Å². The number of benzene rings is 1. The minimum Gasteiger partial charge on any atom is -0.481 e. The second-order valence-corrected chi connectivity index (χ2v) is 6.31. The summed E-state index contributed by atoms with van der Waals surface area (Å²) in [7, 11) is 0. The smallest absolute Gasteiger partial charge is 0.303 e. The molecule has 0 radical (unpaired) electrons. The number of carboxylic acids is 1. The number of hydrogen-bond acceptors (Lipinski definition) is 4. The molecule has 2 N–H and O–H groups in total. The largest absolute Gasteiger partial charge is 0.481 e. The van der Waals surface area contributed by atoms with E-state index >= 15 is 0 Å². The normalized spacial score (nSPS) is 14.6. The summed E-state index contributed by atoms with van der Waals surface area (Å²) >= 11 is 3.23. The Labute approximate surface area is 140 Å². The monoisotopic (exact) mass is 382 g/mol. The predicted octanol–water partition coefficient (Wildman–Crippen LogP) is 1.27. The zero-order valence-electron chi connectivity index (χ0n) is 12.3. The Morgan fingerprint density at radius 1 is 1.26 bits per heavy atom. The lowest BCUT2D eigenvalue weighted by atomic mass is 10.1. The van der Waals surface area contributed by atoms with E-state index in [9.17, 15) is 19.2 Å². The van der Waals surface area contributed by atoms with E-state index in [-0.39, 0.29) is 36.6 Å². The summed E-state index contributed by atoms with van der Waals surface area (Å²) in [5.41, 5.74) is 0.529. The summed E-state index contributed by atoms with van der Waals surface area (Å²) in [6.45, 7) is 1.47. The van der Waals surface area contributed by atoms with Crippen LogP contribution in [0.25, 0.3) is 0 Å². The minimum absolute atomic E-state index is 0.0681. The molecule has 0 fully saturated rings. The zero-order valence-corrected chi connectivity index (χ0v) is 13.9. The van der Waals surface area contributed by atoms with Crippen molar-refractivity contribution in [1.29, 1.82) is 0 Å². The number of imide groups is 1. The van der Waals surface area contributed by atoms with Gasteiger partial charge in [0.1, 0.15) is 6.54 Å². The molecule has 1 aromatic carbocycles. The van der Waals surface area contributed by atoms with Crippen molar-refractivity contribution in [2.45, 2.75) is 13.3 Å². The van der Waals surface area contributed by atoms with Crippen LogP contribution in [0, 0.1) is 5.92 Å². The van der Waals surface area contributed by atoms with Crippen LogP contribution in [-0.4, -0.2) is 46.8 Å². The fraction of sp³-hybridized carbons (Fsp3) is 0.333. The van der Waals surface area contributed by atoms with Crippen molar-refractivity contribution in [3.63, 3.8) is 0 Å². The molecule has 1 atom stereocenters. The molecule has 23 heavy (non-hydrogen) atoms. The molecule has 0 saturated heterocycles. The van der Waals surface area contributed by atoms with E-state index in [1.807, 2.05) is 0 Å². The first-order chi connectivity index (χ1) is 10.8. The number of carbonyl (C=O) groups is 4. The molecule has 0 bridgehead atoms. The van der Waals surface area contributed by atoms with Gasteiger partial charge < -0.3 is 10.4 Å². The summed E-state index contributed by atoms with van der Waals surface area (Å²) in [6, 6.07) is 4.73. The van der Waals surface area contributed by atoms with Crippen molar-refractivity contribution in [2.24, 2.45) is 5.92 Å². The van der Waals surface area contributed by atoms with Gasteiger partial charge in [0.05, 0.1) is 11.1 Å². The predicted molar refractivity (Wildman–Crippen MR) is 83.9 cm³/mol. The van der Waals surface area contributed by atoms with Crippen molar-refractivity contribution in [3.05, 3.63) is 33.8 Å². The van der Waals surface area contributed by atoms with E-state index in [1.165, 1.54) is 6.07 Å². The Morgan fingerprint density at radius 2 is 1.91 bits per heavy atom.